The summed E-state index contributed by atoms with van der Waals surface area (Å²) in [5, 5.41) is 3.54. The Bertz CT molecular complexity index is 988. The monoisotopic (exact) mass is 395 g/mol. The summed E-state index contributed by atoms with van der Waals surface area (Å²) in [4.78, 5) is 33.0. The topological polar surface area (TPSA) is 88.5 Å². The van der Waals surface area contributed by atoms with Gasteiger partial charge in [-0.1, -0.05) is 42.5 Å². The summed E-state index contributed by atoms with van der Waals surface area (Å²) < 4.78 is 5.18. The van der Waals surface area contributed by atoms with E-state index in [1.165, 1.54) is 5.56 Å². The molecule has 29 heavy (non-hydrogen) atoms. The number of H-pyrrole nitrogens is 1. The average molecular weight is 395 g/mol. The van der Waals surface area contributed by atoms with Crippen LogP contribution < -0.4 is 15.8 Å². The molecule has 0 bridgehead atoms. The van der Waals surface area contributed by atoms with Gasteiger partial charge in [-0.25, -0.2) is 4.98 Å². The normalized spacial score (nSPS) is 12.0. The summed E-state index contributed by atoms with van der Waals surface area (Å²) in [6, 6.07) is 17.3. The number of amides is 1. The number of fused-ring (bicyclic) bond motifs is 1. The molecule has 0 spiro atoms. The molecular formula is C22H27N4O3+. The van der Waals surface area contributed by atoms with Crippen molar-refractivity contribution in [3.63, 3.8) is 0 Å². The Morgan fingerprint density at radius 2 is 1.90 bits per heavy atom. The summed E-state index contributed by atoms with van der Waals surface area (Å²) in [6.45, 7) is 2.47. The van der Waals surface area contributed by atoms with Crippen LogP contribution >= 0.6 is 0 Å². The quantitative estimate of drug-likeness (QED) is 0.461. The Kier molecular flexibility index (Phi) is 7.49. The molecule has 0 aliphatic heterocycles. The largest absolute Gasteiger partial charge is 0.379 e. The molecule has 1 heterocycles. The first-order chi connectivity index (χ1) is 14.2. The van der Waals surface area contributed by atoms with Crippen LogP contribution in [0.4, 0.5) is 0 Å². The van der Waals surface area contributed by atoms with E-state index in [0.717, 1.165) is 11.3 Å². The van der Waals surface area contributed by atoms with Gasteiger partial charge in [0.2, 0.25) is 0 Å². The molecule has 7 nitrogen and oxygen atoms in total. The summed E-state index contributed by atoms with van der Waals surface area (Å²) in [5.74, 6) is 0.534. The number of rotatable bonds is 10. The lowest BCUT2D eigenvalue weighted by molar-refractivity contribution is -0.906. The van der Waals surface area contributed by atoms with Gasteiger partial charge < -0.3 is 19.9 Å². The fourth-order valence-corrected chi connectivity index (χ4v) is 3.22. The van der Waals surface area contributed by atoms with E-state index in [9.17, 15) is 9.59 Å². The highest BCUT2D eigenvalue weighted by atomic mass is 16.5. The van der Waals surface area contributed by atoms with Crippen molar-refractivity contribution in [2.75, 3.05) is 33.4 Å². The molecule has 0 radical (unpaired) electrons. The van der Waals surface area contributed by atoms with Gasteiger partial charge in [-0.2, -0.15) is 0 Å². The molecule has 0 fully saturated rings. The van der Waals surface area contributed by atoms with Gasteiger partial charge in [0.25, 0.3) is 11.5 Å². The summed E-state index contributed by atoms with van der Waals surface area (Å²) in [6.07, 6.45) is 0.791. The zero-order valence-electron chi connectivity index (χ0n) is 16.6. The van der Waals surface area contributed by atoms with Crippen molar-refractivity contribution in [1.29, 1.82) is 0 Å². The predicted molar refractivity (Wildman–Crippen MR) is 112 cm³/mol. The molecule has 7 heteroatoms. The molecule has 1 aromatic heterocycles. The molecule has 152 valence electrons. The van der Waals surface area contributed by atoms with Crippen LogP contribution in [0, 0.1) is 0 Å². The van der Waals surface area contributed by atoms with Crippen molar-refractivity contribution in [3.8, 4) is 0 Å². The Balaban J connectivity index is 1.60. The first-order valence-corrected chi connectivity index (χ1v) is 9.77. The number of aromatic nitrogens is 2. The smallest absolute Gasteiger partial charge is 0.275 e. The number of nitrogens with one attached hydrogen (secondary N) is 3. The minimum Gasteiger partial charge on any atom is -0.379 e. The maximum atomic E-state index is 12.4. The lowest BCUT2D eigenvalue weighted by Crippen LogP contribution is -3.12. The van der Waals surface area contributed by atoms with Gasteiger partial charge in [0, 0.05) is 13.7 Å². The number of aromatic amines is 1. The molecule has 1 amide bonds. The summed E-state index contributed by atoms with van der Waals surface area (Å²) in [7, 11) is 1.63. The van der Waals surface area contributed by atoms with E-state index < -0.39 is 0 Å². The maximum absolute atomic E-state index is 12.4. The number of para-hydroxylation sites is 1. The lowest BCUT2D eigenvalue weighted by atomic mass is 10.1. The maximum Gasteiger partial charge on any atom is 0.275 e. The van der Waals surface area contributed by atoms with Gasteiger partial charge in [0.1, 0.15) is 13.1 Å². The molecule has 0 saturated heterocycles. The number of hydrogen-bond acceptors (Lipinski definition) is 4. The Labute approximate surface area is 169 Å². The van der Waals surface area contributed by atoms with Gasteiger partial charge in [0.15, 0.2) is 12.4 Å². The SMILES string of the molecule is COCC[NH+](CC(=O)NCCc1ccccc1)Cc1nc2ccccc2c(=O)[nH]1. The van der Waals surface area contributed by atoms with Crippen LogP contribution in [0.25, 0.3) is 10.9 Å². The first-order valence-electron chi connectivity index (χ1n) is 9.77. The van der Waals surface area contributed by atoms with Gasteiger partial charge in [0.05, 0.1) is 17.5 Å². The van der Waals surface area contributed by atoms with Crippen LogP contribution in [0.1, 0.15) is 11.4 Å². The minimum absolute atomic E-state index is 0.0322. The number of carbonyl (C=O) groups excluding carboxylic acids is 1. The summed E-state index contributed by atoms with van der Waals surface area (Å²) in [5.41, 5.74) is 1.68. The standard InChI is InChI=1S/C22H26N4O3/c1-29-14-13-26(16-21(27)23-12-11-17-7-3-2-4-8-17)15-20-24-19-10-6-5-9-18(19)22(28)25-20/h2-10H,11-16H2,1H3,(H,23,27)(H,24,25,28)/p+1. The van der Waals surface area contributed by atoms with E-state index in [1.54, 1.807) is 13.2 Å². The number of nitrogens with zero attached hydrogens (tertiary/aromatic N) is 1. The zero-order valence-corrected chi connectivity index (χ0v) is 16.6. The van der Waals surface area contributed by atoms with E-state index in [-0.39, 0.29) is 18.0 Å². The minimum atomic E-state index is -0.163. The van der Waals surface area contributed by atoms with Crippen molar-refractivity contribution in [2.24, 2.45) is 0 Å². The third-order valence-corrected chi connectivity index (χ3v) is 4.73. The number of benzene rings is 2. The van der Waals surface area contributed by atoms with Crippen molar-refractivity contribution >= 4 is 16.8 Å². The third-order valence-electron chi connectivity index (χ3n) is 4.73. The van der Waals surface area contributed by atoms with Crippen molar-refractivity contribution < 1.29 is 14.4 Å². The van der Waals surface area contributed by atoms with Crippen molar-refractivity contribution in [1.82, 2.24) is 15.3 Å². The van der Waals surface area contributed by atoms with Crippen LogP contribution in [-0.4, -0.2) is 49.2 Å². The number of quaternary nitrogens is 1. The number of ether oxygens (including phenoxy) is 1. The van der Waals surface area contributed by atoms with Crippen LogP contribution in [-0.2, 0) is 22.5 Å². The molecule has 3 aromatic rings. The summed E-state index contributed by atoms with van der Waals surface area (Å²) >= 11 is 0. The van der Waals surface area contributed by atoms with Crippen molar-refractivity contribution in [3.05, 3.63) is 76.3 Å². The molecule has 3 rings (SSSR count). The van der Waals surface area contributed by atoms with E-state index >= 15 is 0 Å². The van der Waals surface area contributed by atoms with Crippen LogP contribution in [0.15, 0.2) is 59.4 Å². The van der Waals surface area contributed by atoms with Gasteiger partial charge >= 0.3 is 0 Å². The van der Waals surface area contributed by atoms with E-state index in [0.29, 0.717) is 43.0 Å². The fraction of sp³-hybridized carbons (Fsp3) is 0.318. The molecule has 3 N–H and O–H groups in total. The number of carbonyl (C=O) groups is 1. The van der Waals surface area contributed by atoms with E-state index in [1.807, 2.05) is 48.5 Å². The second-order valence-corrected chi connectivity index (χ2v) is 6.96. The third kappa shape index (κ3) is 6.23. The van der Waals surface area contributed by atoms with E-state index in [2.05, 4.69) is 15.3 Å². The van der Waals surface area contributed by atoms with Crippen molar-refractivity contribution in [2.45, 2.75) is 13.0 Å². The lowest BCUT2D eigenvalue weighted by Gasteiger charge is -2.18. The van der Waals surface area contributed by atoms with Gasteiger partial charge in [-0.3, -0.25) is 9.59 Å². The van der Waals surface area contributed by atoms with Gasteiger partial charge in [-0.05, 0) is 24.1 Å². The fourth-order valence-electron chi connectivity index (χ4n) is 3.22. The average Bonchev–Trinajstić information content (AvgIpc) is 2.73. The predicted octanol–water partition coefficient (Wildman–Crippen LogP) is 0.313. The van der Waals surface area contributed by atoms with Crippen LogP contribution in [0.5, 0.6) is 0 Å². The second kappa shape index (κ2) is 10.5. The van der Waals surface area contributed by atoms with Gasteiger partial charge in [-0.15, -0.1) is 0 Å². The molecule has 0 aliphatic carbocycles. The second-order valence-electron chi connectivity index (χ2n) is 6.96. The molecular weight excluding hydrogens is 368 g/mol. The molecule has 0 aliphatic rings. The highest BCUT2D eigenvalue weighted by molar-refractivity contribution is 5.77. The Hall–Kier alpha value is -3.03. The van der Waals surface area contributed by atoms with E-state index in [4.69, 9.17) is 4.74 Å². The Morgan fingerprint density at radius 1 is 1.14 bits per heavy atom. The number of methoxy groups -OCH3 is 1. The highest BCUT2D eigenvalue weighted by Crippen LogP contribution is 2.05. The Morgan fingerprint density at radius 3 is 2.69 bits per heavy atom. The highest BCUT2D eigenvalue weighted by Gasteiger charge is 2.16. The first kappa shape index (κ1) is 20.7. The van der Waals surface area contributed by atoms with Crippen LogP contribution in [0.2, 0.25) is 0 Å². The molecule has 2 aromatic carbocycles. The van der Waals surface area contributed by atoms with Crippen LogP contribution in [0.3, 0.4) is 0 Å². The zero-order chi connectivity index (χ0) is 20.5. The molecule has 0 saturated carbocycles. The molecule has 1 unspecified atom stereocenters. The molecule has 1 atom stereocenters. The number of hydrogen-bond donors (Lipinski definition) is 3.